The van der Waals surface area contributed by atoms with Crippen LogP contribution in [0.3, 0.4) is 0 Å². The molecule has 1 aromatic rings. The predicted molar refractivity (Wildman–Crippen MR) is 85.6 cm³/mol. The summed E-state index contributed by atoms with van der Waals surface area (Å²) in [6.07, 6.45) is 5.49. The molecule has 124 valence electrons. The SMILES string of the molecule is O=C(O)CC1(NC(=O)c2ccc3c(c2)CCCC3)CCOCC1. The molecule has 0 aromatic heterocycles. The van der Waals surface area contributed by atoms with E-state index in [1.807, 2.05) is 18.2 Å². The highest BCUT2D eigenvalue weighted by Crippen LogP contribution is 2.26. The van der Waals surface area contributed by atoms with Crippen LogP contribution in [0.25, 0.3) is 0 Å². The van der Waals surface area contributed by atoms with Crippen LogP contribution in [0.5, 0.6) is 0 Å². The quantitative estimate of drug-likeness (QED) is 0.893. The number of carboxylic acids is 1. The van der Waals surface area contributed by atoms with E-state index in [2.05, 4.69) is 5.32 Å². The highest BCUT2D eigenvalue weighted by Gasteiger charge is 2.36. The fourth-order valence-corrected chi connectivity index (χ4v) is 3.59. The molecular formula is C18H23NO4. The van der Waals surface area contributed by atoms with Gasteiger partial charge in [0.05, 0.1) is 12.0 Å². The Morgan fingerprint density at radius 1 is 1.13 bits per heavy atom. The molecule has 0 radical (unpaired) electrons. The van der Waals surface area contributed by atoms with Gasteiger partial charge in [0.1, 0.15) is 0 Å². The second-order valence-electron chi connectivity index (χ2n) is 6.61. The van der Waals surface area contributed by atoms with Gasteiger partial charge in [-0.15, -0.1) is 0 Å². The van der Waals surface area contributed by atoms with Crippen LogP contribution in [0.2, 0.25) is 0 Å². The van der Waals surface area contributed by atoms with E-state index >= 15 is 0 Å². The zero-order valence-corrected chi connectivity index (χ0v) is 13.3. The molecule has 5 nitrogen and oxygen atoms in total. The Labute approximate surface area is 136 Å². The highest BCUT2D eigenvalue weighted by molar-refractivity contribution is 5.95. The number of amides is 1. The number of nitrogens with one attached hydrogen (secondary N) is 1. The monoisotopic (exact) mass is 317 g/mol. The van der Waals surface area contributed by atoms with Crippen molar-refractivity contribution < 1.29 is 19.4 Å². The molecule has 1 fully saturated rings. The molecule has 2 aliphatic rings. The number of carboxylic acid groups (broad SMARTS) is 1. The van der Waals surface area contributed by atoms with Gasteiger partial charge in [-0.2, -0.15) is 0 Å². The first-order valence-electron chi connectivity index (χ1n) is 8.32. The molecule has 1 aliphatic heterocycles. The van der Waals surface area contributed by atoms with Crippen molar-refractivity contribution in [1.82, 2.24) is 5.32 Å². The minimum atomic E-state index is -0.891. The summed E-state index contributed by atoms with van der Waals surface area (Å²) in [7, 11) is 0. The summed E-state index contributed by atoms with van der Waals surface area (Å²) >= 11 is 0. The Hall–Kier alpha value is -1.88. The number of rotatable bonds is 4. The summed E-state index contributed by atoms with van der Waals surface area (Å²) in [6.45, 7) is 0.968. The van der Waals surface area contributed by atoms with E-state index in [0.29, 0.717) is 31.6 Å². The lowest BCUT2D eigenvalue weighted by molar-refractivity contribution is -0.139. The normalized spacial score (nSPS) is 19.7. The lowest BCUT2D eigenvalue weighted by Crippen LogP contribution is -2.53. The lowest BCUT2D eigenvalue weighted by atomic mass is 9.85. The minimum absolute atomic E-state index is 0.0625. The zero-order chi connectivity index (χ0) is 16.3. The van der Waals surface area contributed by atoms with E-state index in [1.165, 1.54) is 24.0 Å². The van der Waals surface area contributed by atoms with Gasteiger partial charge in [-0.3, -0.25) is 9.59 Å². The van der Waals surface area contributed by atoms with E-state index in [9.17, 15) is 14.7 Å². The molecular weight excluding hydrogens is 294 g/mol. The molecule has 0 atom stereocenters. The summed E-state index contributed by atoms with van der Waals surface area (Å²) in [5.74, 6) is -1.07. The van der Waals surface area contributed by atoms with Crippen LogP contribution >= 0.6 is 0 Å². The maximum Gasteiger partial charge on any atom is 0.305 e. The van der Waals surface area contributed by atoms with Gasteiger partial charge in [-0.25, -0.2) is 0 Å². The first kappa shape index (κ1) is 16.0. The molecule has 1 heterocycles. The van der Waals surface area contributed by atoms with Gasteiger partial charge in [0.2, 0.25) is 0 Å². The standard InChI is InChI=1S/C18H23NO4/c20-16(21)12-18(7-9-23-10-8-18)19-17(22)15-6-5-13-3-1-2-4-14(13)11-15/h5-6,11H,1-4,7-10,12H2,(H,19,22)(H,20,21). The second kappa shape index (κ2) is 6.71. The summed E-state index contributed by atoms with van der Waals surface area (Å²) in [6, 6.07) is 5.86. The van der Waals surface area contributed by atoms with Gasteiger partial charge in [0.25, 0.3) is 5.91 Å². The average Bonchev–Trinajstić information content (AvgIpc) is 2.54. The van der Waals surface area contributed by atoms with Crippen LogP contribution in [0.1, 0.15) is 53.6 Å². The van der Waals surface area contributed by atoms with Crippen molar-refractivity contribution in [3.05, 3.63) is 34.9 Å². The first-order chi connectivity index (χ1) is 11.1. The number of fused-ring (bicyclic) bond motifs is 1. The van der Waals surface area contributed by atoms with Crippen LogP contribution in [0, 0.1) is 0 Å². The van der Waals surface area contributed by atoms with Crippen molar-refractivity contribution in [3.63, 3.8) is 0 Å². The van der Waals surface area contributed by atoms with Gasteiger partial charge < -0.3 is 15.2 Å². The fraction of sp³-hybridized carbons (Fsp3) is 0.556. The molecule has 1 amide bonds. The molecule has 0 saturated carbocycles. The van der Waals surface area contributed by atoms with Crippen molar-refractivity contribution in [3.8, 4) is 0 Å². The summed E-state index contributed by atoms with van der Waals surface area (Å²) in [5, 5.41) is 12.2. The third-order valence-corrected chi connectivity index (χ3v) is 4.93. The number of benzene rings is 1. The van der Waals surface area contributed by atoms with E-state index in [-0.39, 0.29) is 12.3 Å². The van der Waals surface area contributed by atoms with Crippen LogP contribution in [-0.4, -0.2) is 35.7 Å². The molecule has 1 saturated heterocycles. The third-order valence-electron chi connectivity index (χ3n) is 4.93. The number of hydrogen-bond acceptors (Lipinski definition) is 3. The van der Waals surface area contributed by atoms with Crippen molar-refractivity contribution in [2.75, 3.05) is 13.2 Å². The van der Waals surface area contributed by atoms with Gasteiger partial charge in [-0.1, -0.05) is 6.07 Å². The largest absolute Gasteiger partial charge is 0.481 e. The van der Waals surface area contributed by atoms with E-state index < -0.39 is 11.5 Å². The molecule has 23 heavy (non-hydrogen) atoms. The molecule has 1 aliphatic carbocycles. The number of carbonyl (C=O) groups is 2. The zero-order valence-electron chi connectivity index (χ0n) is 13.3. The van der Waals surface area contributed by atoms with Gasteiger partial charge >= 0.3 is 5.97 Å². The second-order valence-corrected chi connectivity index (χ2v) is 6.61. The lowest BCUT2D eigenvalue weighted by Gasteiger charge is -2.37. The maximum absolute atomic E-state index is 12.6. The molecule has 1 aromatic carbocycles. The van der Waals surface area contributed by atoms with Crippen LogP contribution in [0.15, 0.2) is 18.2 Å². The van der Waals surface area contributed by atoms with Gasteiger partial charge in [0.15, 0.2) is 0 Å². The van der Waals surface area contributed by atoms with Crippen LogP contribution in [-0.2, 0) is 22.4 Å². The number of aryl methyl sites for hydroxylation is 2. The fourth-order valence-electron chi connectivity index (χ4n) is 3.59. The van der Waals surface area contributed by atoms with Crippen molar-refractivity contribution in [1.29, 1.82) is 0 Å². The summed E-state index contributed by atoms with van der Waals surface area (Å²) in [5.41, 5.74) is 2.51. The van der Waals surface area contributed by atoms with Crippen molar-refractivity contribution in [2.45, 2.75) is 50.5 Å². The van der Waals surface area contributed by atoms with Crippen LogP contribution < -0.4 is 5.32 Å². The van der Waals surface area contributed by atoms with E-state index in [4.69, 9.17) is 4.74 Å². The molecule has 2 N–H and O–H groups in total. The summed E-state index contributed by atoms with van der Waals surface area (Å²) in [4.78, 5) is 23.8. The van der Waals surface area contributed by atoms with E-state index in [0.717, 1.165) is 12.8 Å². The average molecular weight is 317 g/mol. The van der Waals surface area contributed by atoms with Crippen molar-refractivity contribution in [2.24, 2.45) is 0 Å². The maximum atomic E-state index is 12.6. The van der Waals surface area contributed by atoms with Gasteiger partial charge in [-0.05, 0) is 61.8 Å². The predicted octanol–water partition coefficient (Wildman–Crippen LogP) is 2.32. The van der Waals surface area contributed by atoms with E-state index in [1.54, 1.807) is 0 Å². The van der Waals surface area contributed by atoms with Crippen LogP contribution in [0.4, 0.5) is 0 Å². The Morgan fingerprint density at radius 3 is 2.52 bits per heavy atom. The summed E-state index contributed by atoms with van der Waals surface area (Å²) < 4.78 is 5.32. The minimum Gasteiger partial charge on any atom is -0.481 e. The molecule has 0 bridgehead atoms. The Bertz CT molecular complexity index is 605. The first-order valence-corrected chi connectivity index (χ1v) is 8.32. The number of hydrogen-bond donors (Lipinski definition) is 2. The Kier molecular flexibility index (Phi) is 4.66. The molecule has 0 spiro atoms. The highest BCUT2D eigenvalue weighted by atomic mass is 16.5. The Morgan fingerprint density at radius 2 is 1.83 bits per heavy atom. The topological polar surface area (TPSA) is 75.6 Å². The molecule has 0 unspecified atom stereocenters. The molecule has 5 heteroatoms. The third kappa shape index (κ3) is 3.72. The molecule has 3 rings (SSSR count). The van der Waals surface area contributed by atoms with Crippen molar-refractivity contribution >= 4 is 11.9 Å². The number of carbonyl (C=O) groups excluding carboxylic acids is 1. The number of aliphatic carboxylic acids is 1. The van der Waals surface area contributed by atoms with Gasteiger partial charge in [0, 0.05) is 18.8 Å². The number of ether oxygens (including phenoxy) is 1. The Balaban J connectivity index is 1.77. The smallest absolute Gasteiger partial charge is 0.305 e.